The molecular formula is C13H23N3O. The van der Waals surface area contributed by atoms with Crippen LogP contribution in [-0.2, 0) is 16.6 Å². The molecule has 0 bridgehead atoms. The second-order valence-corrected chi connectivity index (χ2v) is 6.27. The number of hydrogen-bond donors (Lipinski definition) is 2. The van der Waals surface area contributed by atoms with Crippen LogP contribution in [0.15, 0.2) is 6.07 Å². The van der Waals surface area contributed by atoms with E-state index >= 15 is 0 Å². The van der Waals surface area contributed by atoms with Gasteiger partial charge in [0.2, 0.25) is 5.91 Å². The van der Waals surface area contributed by atoms with E-state index in [1.165, 1.54) is 6.92 Å². The zero-order chi connectivity index (χ0) is 13.3. The maximum absolute atomic E-state index is 11.1. The van der Waals surface area contributed by atoms with Crippen LogP contribution >= 0.6 is 0 Å². The summed E-state index contributed by atoms with van der Waals surface area (Å²) in [6.07, 6.45) is 0.746. The summed E-state index contributed by atoms with van der Waals surface area (Å²) in [5, 5.41) is 10.3. The first-order valence-electron chi connectivity index (χ1n) is 5.94. The van der Waals surface area contributed by atoms with E-state index in [-0.39, 0.29) is 16.9 Å². The van der Waals surface area contributed by atoms with Crippen LogP contribution in [0.25, 0.3) is 0 Å². The molecule has 0 saturated heterocycles. The Morgan fingerprint density at radius 1 is 1.35 bits per heavy atom. The fourth-order valence-corrected chi connectivity index (χ4v) is 1.83. The van der Waals surface area contributed by atoms with Gasteiger partial charge in [-0.3, -0.25) is 9.89 Å². The lowest BCUT2D eigenvalue weighted by atomic mass is 9.91. The van der Waals surface area contributed by atoms with Gasteiger partial charge in [0, 0.05) is 30.0 Å². The lowest BCUT2D eigenvalue weighted by Crippen LogP contribution is -2.44. The third kappa shape index (κ3) is 4.21. The molecule has 0 fully saturated rings. The van der Waals surface area contributed by atoms with Crippen LogP contribution < -0.4 is 5.32 Å². The molecule has 4 heteroatoms. The highest BCUT2D eigenvalue weighted by atomic mass is 16.1. The third-order valence-corrected chi connectivity index (χ3v) is 2.55. The molecule has 0 unspecified atom stereocenters. The monoisotopic (exact) mass is 237 g/mol. The molecule has 0 aromatic carbocycles. The smallest absolute Gasteiger partial charge is 0.217 e. The molecule has 1 amide bonds. The van der Waals surface area contributed by atoms with Crippen LogP contribution in [0.5, 0.6) is 0 Å². The van der Waals surface area contributed by atoms with Crippen LogP contribution in [0, 0.1) is 0 Å². The zero-order valence-corrected chi connectivity index (χ0v) is 11.6. The Morgan fingerprint density at radius 2 is 1.94 bits per heavy atom. The van der Waals surface area contributed by atoms with E-state index in [2.05, 4.69) is 42.4 Å². The van der Waals surface area contributed by atoms with Gasteiger partial charge in [-0.15, -0.1) is 0 Å². The van der Waals surface area contributed by atoms with Gasteiger partial charge in [0.1, 0.15) is 0 Å². The minimum absolute atomic E-state index is 0.00874. The van der Waals surface area contributed by atoms with Crippen molar-refractivity contribution in [3.63, 3.8) is 0 Å². The van der Waals surface area contributed by atoms with E-state index < -0.39 is 0 Å². The molecule has 0 aliphatic heterocycles. The molecule has 1 aromatic rings. The predicted molar refractivity (Wildman–Crippen MR) is 68.9 cm³/mol. The number of carbonyl (C=O) groups is 1. The standard InChI is InChI=1S/C13H23N3O/c1-9(17)14-13(5,6)8-10-7-11(16-15-10)12(2,3)4/h7H,8H2,1-6H3,(H,14,17)(H,15,16). The molecule has 17 heavy (non-hydrogen) atoms. The van der Waals surface area contributed by atoms with Crippen molar-refractivity contribution in [1.29, 1.82) is 0 Å². The Hall–Kier alpha value is -1.32. The number of nitrogens with one attached hydrogen (secondary N) is 2. The summed E-state index contributed by atoms with van der Waals surface area (Å²) < 4.78 is 0. The van der Waals surface area contributed by atoms with Crippen molar-refractivity contribution in [2.45, 2.75) is 58.9 Å². The first-order chi connectivity index (χ1) is 7.60. The maximum Gasteiger partial charge on any atom is 0.217 e. The molecule has 0 atom stereocenters. The first kappa shape index (κ1) is 13.7. The molecule has 2 N–H and O–H groups in total. The SMILES string of the molecule is CC(=O)NC(C)(C)Cc1cc(C(C)(C)C)n[nH]1. The maximum atomic E-state index is 11.1. The summed E-state index contributed by atoms with van der Waals surface area (Å²) in [7, 11) is 0. The third-order valence-electron chi connectivity index (χ3n) is 2.55. The zero-order valence-electron chi connectivity index (χ0n) is 11.6. The molecule has 96 valence electrons. The fraction of sp³-hybridized carbons (Fsp3) is 0.692. The van der Waals surface area contributed by atoms with Crippen molar-refractivity contribution in [3.8, 4) is 0 Å². The highest BCUT2D eigenvalue weighted by molar-refractivity contribution is 5.73. The molecule has 1 rings (SSSR count). The van der Waals surface area contributed by atoms with Crippen LogP contribution in [0.4, 0.5) is 0 Å². The van der Waals surface area contributed by atoms with Crippen molar-refractivity contribution in [1.82, 2.24) is 15.5 Å². The Kier molecular flexibility index (Phi) is 3.65. The average Bonchev–Trinajstić information content (AvgIpc) is 2.47. The van der Waals surface area contributed by atoms with Gasteiger partial charge in [0.25, 0.3) is 0 Å². The Labute approximate surface area is 103 Å². The molecular weight excluding hydrogens is 214 g/mol. The molecule has 1 heterocycles. The first-order valence-corrected chi connectivity index (χ1v) is 5.94. The Balaban J connectivity index is 2.76. The van der Waals surface area contributed by atoms with Gasteiger partial charge in [-0.2, -0.15) is 5.10 Å². The van der Waals surface area contributed by atoms with E-state index in [9.17, 15) is 4.79 Å². The predicted octanol–water partition coefficient (Wildman–Crippen LogP) is 2.16. The van der Waals surface area contributed by atoms with Crippen LogP contribution in [0.3, 0.4) is 0 Å². The number of nitrogens with zero attached hydrogens (tertiary/aromatic N) is 1. The van der Waals surface area contributed by atoms with Crippen molar-refractivity contribution >= 4 is 5.91 Å². The van der Waals surface area contributed by atoms with Crippen LogP contribution in [0.2, 0.25) is 0 Å². The van der Waals surface area contributed by atoms with Crippen molar-refractivity contribution in [2.75, 3.05) is 0 Å². The summed E-state index contributed by atoms with van der Waals surface area (Å²) >= 11 is 0. The van der Waals surface area contributed by atoms with Gasteiger partial charge in [0.15, 0.2) is 0 Å². The number of carbonyl (C=O) groups excluding carboxylic acids is 1. The molecule has 1 aromatic heterocycles. The molecule has 0 radical (unpaired) electrons. The summed E-state index contributed by atoms with van der Waals surface area (Å²) in [4.78, 5) is 11.1. The quantitative estimate of drug-likeness (QED) is 0.846. The van der Waals surface area contributed by atoms with Gasteiger partial charge in [-0.25, -0.2) is 0 Å². The largest absolute Gasteiger partial charge is 0.351 e. The second-order valence-electron chi connectivity index (χ2n) is 6.27. The molecule has 0 aliphatic carbocycles. The van der Waals surface area contributed by atoms with E-state index in [1.54, 1.807) is 0 Å². The Bertz CT molecular complexity index is 399. The molecule has 0 spiro atoms. The second kappa shape index (κ2) is 4.51. The van der Waals surface area contributed by atoms with Crippen LogP contribution in [-0.4, -0.2) is 21.6 Å². The molecule has 0 aliphatic rings. The molecule has 4 nitrogen and oxygen atoms in total. The summed E-state index contributed by atoms with van der Waals surface area (Å²) in [6.45, 7) is 11.9. The van der Waals surface area contributed by atoms with Crippen molar-refractivity contribution in [3.05, 3.63) is 17.5 Å². The Morgan fingerprint density at radius 3 is 2.35 bits per heavy atom. The van der Waals surface area contributed by atoms with Gasteiger partial charge in [-0.1, -0.05) is 20.8 Å². The van der Waals surface area contributed by atoms with E-state index in [0.29, 0.717) is 0 Å². The van der Waals surface area contributed by atoms with Crippen LogP contribution in [0.1, 0.15) is 52.9 Å². The number of aromatic amines is 1. The highest BCUT2D eigenvalue weighted by Gasteiger charge is 2.22. The minimum atomic E-state index is -0.256. The number of amides is 1. The summed E-state index contributed by atoms with van der Waals surface area (Å²) in [6, 6.07) is 2.07. The van der Waals surface area contributed by atoms with E-state index in [1.807, 2.05) is 13.8 Å². The van der Waals surface area contributed by atoms with Gasteiger partial charge in [-0.05, 0) is 19.9 Å². The lowest BCUT2D eigenvalue weighted by Gasteiger charge is -2.24. The fourth-order valence-electron chi connectivity index (χ4n) is 1.83. The van der Waals surface area contributed by atoms with Gasteiger partial charge < -0.3 is 5.32 Å². The normalized spacial score (nSPS) is 12.6. The average molecular weight is 237 g/mol. The number of H-pyrrole nitrogens is 1. The molecule has 0 saturated carbocycles. The number of aromatic nitrogens is 2. The highest BCUT2D eigenvalue weighted by Crippen LogP contribution is 2.21. The summed E-state index contributed by atoms with van der Waals surface area (Å²) in [5.41, 5.74) is 1.89. The topological polar surface area (TPSA) is 57.8 Å². The number of rotatable bonds is 3. The van der Waals surface area contributed by atoms with Crippen molar-refractivity contribution < 1.29 is 4.79 Å². The van der Waals surface area contributed by atoms with E-state index in [4.69, 9.17) is 0 Å². The minimum Gasteiger partial charge on any atom is -0.351 e. The van der Waals surface area contributed by atoms with E-state index in [0.717, 1.165) is 17.8 Å². The lowest BCUT2D eigenvalue weighted by molar-refractivity contribution is -0.120. The summed E-state index contributed by atoms with van der Waals surface area (Å²) in [5.74, 6) is -0.00874. The number of hydrogen-bond acceptors (Lipinski definition) is 2. The van der Waals surface area contributed by atoms with Crippen molar-refractivity contribution in [2.24, 2.45) is 0 Å². The van der Waals surface area contributed by atoms with Gasteiger partial charge in [0.05, 0.1) is 5.69 Å². The van der Waals surface area contributed by atoms with Gasteiger partial charge >= 0.3 is 0 Å².